The van der Waals surface area contributed by atoms with Gasteiger partial charge in [0.25, 0.3) is 0 Å². The van der Waals surface area contributed by atoms with Crippen molar-refractivity contribution in [3.8, 4) is 0 Å². The Morgan fingerprint density at radius 2 is 1.31 bits per heavy atom. The first-order valence-corrected chi connectivity index (χ1v) is 7.71. The van der Waals surface area contributed by atoms with Crippen LogP contribution in [0.5, 0.6) is 0 Å². The van der Waals surface area contributed by atoms with E-state index in [4.69, 9.17) is 9.47 Å². The molecule has 0 aromatic heterocycles. The Bertz CT molecular complexity index is 250. The number of halogens is 4. The van der Waals surface area contributed by atoms with Crippen molar-refractivity contribution in [3.05, 3.63) is 18.9 Å². The number of carbonyl (C=O) groups is 1. The fraction of sp³-hybridized carbons (Fsp3) is 0.444. The van der Waals surface area contributed by atoms with E-state index in [0.29, 0.717) is 12.8 Å². The molecule has 0 aromatic carbocycles. The summed E-state index contributed by atoms with van der Waals surface area (Å²) in [4.78, 5) is 14.5. The van der Waals surface area contributed by atoms with E-state index in [-0.39, 0.29) is 13.2 Å². The van der Waals surface area contributed by atoms with E-state index in [1.165, 1.54) is 0 Å². The summed E-state index contributed by atoms with van der Waals surface area (Å²) in [7, 11) is 0. The Kier molecular flexibility index (Phi) is 11.3. The summed E-state index contributed by atoms with van der Waals surface area (Å²) in [5, 5.41) is 0. The molecule has 0 aliphatic carbocycles. The third kappa shape index (κ3) is 9.86. The third-order valence-electron chi connectivity index (χ3n) is 1.36. The summed E-state index contributed by atoms with van der Waals surface area (Å²) >= 11 is 12.8. The Morgan fingerprint density at radius 1 is 0.938 bits per heavy atom. The second-order valence-corrected chi connectivity index (χ2v) is 5.51. The molecule has 0 aliphatic rings. The van der Waals surface area contributed by atoms with Gasteiger partial charge in [0.15, 0.2) is 0 Å². The number of carbonyl (C=O) groups excluding carboxylic acids is 1. The summed E-state index contributed by atoms with van der Waals surface area (Å²) in [6.45, 7) is 0.577. The highest BCUT2D eigenvalue weighted by Gasteiger charge is 2.04. The van der Waals surface area contributed by atoms with E-state index < -0.39 is 6.16 Å². The van der Waals surface area contributed by atoms with Gasteiger partial charge in [0, 0.05) is 21.8 Å². The van der Waals surface area contributed by atoms with Gasteiger partial charge in [-0.05, 0) is 9.97 Å². The number of hydrogen-bond acceptors (Lipinski definition) is 3. The molecule has 16 heavy (non-hydrogen) atoms. The van der Waals surface area contributed by atoms with Crippen molar-refractivity contribution in [1.82, 2.24) is 0 Å². The van der Waals surface area contributed by atoms with Gasteiger partial charge in [0.05, 0.1) is 13.2 Å². The van der Waals surface area contributed by atoms with Crippen LogP contribution < -0.4 is 0 Å². The van der Waals surface area contributed by atoms with Crippen LogP contribution in [0.1, 0.15) is 12.8 Å². The molecular weight excluding hydrogens is 476 g/mol. The molecule has 0 fully saturated rings. The highest BCUT2D eigenvalue weighted by molar-refractivity contribution is 9.14. The molecule has 0 N–H and O–H groups in total. The molecule has 0 aliphatic heterocycles. The van der Waals surface area contributed by atoms with Crippen LogP contribution in [0.15, 0.2) is 18.9 Å². The lowest BCUT2D eigenvalue weighted by Crippen LogP contribution is -2.09. The van der Waals surface area contributed by atoms with E-state index in [1.807, 2.05) is 0 Å². The van der Waals surface area contributed by atoms with Crippen LogP contribution in [0, 0.1) is 0 Å². The topological polar surface area (TPSA) is 35.5 Å². The lowest BCUT2D eigenvalue weighted by Gasteiger charge is -2.05. The SMILES string of the molecule is O=C(OCCC(Br)=CBr)OCCC(Br)=CBr. The van der Waals surface area contributed by atoms with Crippen LogP contribution in [-0.4, -0.2) is 19.4 Å². The summed E-state index contributed by atoms with van der Waals surface area (Å²) in [6.07, 6.45) is 0.584. The number of rotatable bonds is 6. The van der Waals surface area contributed by atoms with Crippen molar-refractivity contribution in [1.29, 1.82) is 0 Å². The monoisotopic (exact) mass is 482 g/mol. The Hall–Kier alpha value is 0.670. The normalized spacial score (nSPS) is 12.5. The largest absolute Gasteiger partial charge is 0.508 e. The zero-order valence-corrected chi connectivity index (χ0v) is 14.6. The molecule has 0 spiro atoms. The van der Waals surface area contributed by atoms with E-state index in [1.54, 1.807) is 9.97 Å². The van der Waals surface area contributed by atoms with Gasteiger partial charge in [0.2, 0.25) is 0 Å². The molecule has 7 heteroatoms. The first-order valence-electron chi connectivity index (χ1n) is 4.29. The van der Waals surface area contributed by atoms with Crippen molar-refractivity contribution in [2.24, 2.45) is 0 Å². The molecule has 0 radical (unpaired) electrons. The summed E-state index contributed by atoms with van der Waals surface area (Å²) in [5.74, 6) is 0. The maximum absolute atomic E-state index is 11.0. The second kappa shape index (κ2) is 10.8. The van der Waals surface area contributed by atoms with Gasteiger partial charge in [-0.3, -0.25) is 0 Å². The summed E-state index contributed by atoms with van der Waals surface area (Å²) in [5.41, 5.74) is 0. The second-order valence-electron chi connectivity index (χ2n) is 2.56. The zero-order chi connectivity index (χ0) is 12.4. The molecule has 0 aromatic rings. The first kappa shape index (κ1) is 16.7. The fourth-order valence-corrected chi connectivity index (χ4v) is 1.40. The van der Waals surface area contributed by atoms with Gasteiger partial charge in [-0.2, -0.15) is 0 Å². The minimum absolute atomic E-state index is 0.289. The lowest BCUT2D eigenvalue weighted by atomic mass is 10.4. The molecule has 0 amide bonds. The zero-order valence-electron chi connectivity index (χ0n) is 8.22. The minimum Gasteiger partial charge on any atom is -0.434 e. The molecular formula is C9H10Br4O3. The quantitative estimate of drug-likeness (QED) is 0.486. The third-order valence-corrected chi connectivity index (χ3v) is 4.94. The predicted molar refractivity (Wildman–Crippen MR) is 78.4 cm³/mol. The molecule has 0 atom stereocenters. The van der Waals surface area contributed by atoms with Gasteiger partial charge in [0.1, 0.15) is 0 Å². The highest BCUT2D eigenvalue weighted by atomic mass is 79.9. The van der Waals surface area contributed by atoms with Crippen LogP contribution in [0.25, 0.3) is 0 Å². The molecule has 0 unspecified atom stereocenters. The Balaban J connectivity index is 3.53. The molecule has 0 bridgehead atoms. The Morgan fingerprint density at radius 3 is 1.62 bits per heavy atom. The summed E-state index contributed by atoms with van der Waals surface area (Å²) < 4.78 is 11.5. The van der Waals surface area contributed by atoms with E-state index in [0.717, 1.165) is 8.96 Å². The number of ether oxygens (including phenoxy) is 2. The summed E-state index contributed by atoms with van der Waals surface area (Å²) in [6, 6.07) is 0. The molecule has 0 saturated carbocycles. The van der Waals surface area contributed by atoms with Crippen LogP contribution in [0.2, 0.25) is 0 Å². The Labute approximate surface area is 128 Å². The van der Waals surface area contributed by atoms with Crippen molar-refractivity contribution >= 4 is 69.9 Å². The van der Waals surface area contributed by atoms with E-state index in [2.05, 4.69) is 63.7 Å². The van der Waals surface area contributed by atoms with Gasteiger partial charge in [-0.1, -0.05) is 63.7 Å². The molecule has 0 heterocycles. The van der Waals surface area contributed by atoms with Crippen molar-refractivity contribution in [2.45, 2.75) is 12.8 Å². The maximum atomic E-state index is 11.0. The fourth-order valence-electron chi connectivity index (χ4n) is 0.615. The van der Waals surface area contributed by atoms with E-state index in [9.17, 15) is 4.79 Å². The average molecular weight is 486 g/mol. The highest BCUT2D eigenvalue weighted by Crippen LogP contribution is 2.13. The lowest BCUT2D eigenvalue weighted by molar-refractivity contribution is 0.0576. The van der Waals surface area contributed by atoms with Crippen LogP contribution in [0.4, 0.5) is 4.79 Å². The van der Waals surface area contributed by atoms with Crippen molar-refractivity contribution in [2.75, 3.05) is 13.2 Å². The first-order chi connectivity index (χ1) is 7.60. The molecule has 0 saturated heterocycles. The molecule has 3 nitrogen and oxygen atoms in total. The van der Waals surface area contributed by atoms with Gasteiger partial charge in [-0.15, -0.1) is 0 Å². The maximum Gasteiger partial charge on any atom is 0.508 e. The average Bonchev–Trinajstić information content (AvgIpc) is 2.28. The van der Waals surface area contributed by atoms with Crippen LogP contribution in [0.3, 0.4) is 0 Å². The van der Waals surface area contributed by atoms with Gasteiger partial charge < -0.3 is 9.47 Å². The standard InChI is InChI=1S/C9H10Br4O3/c10-5-7(12)1-3-15-9(14)16-4-2-8(13)6-11/h5-6H,1-4H2. The van der Waals surface area contributed by atoms with Crippen molar-refractivity contribution < 1.29 is 14.3 Å². The predicted octanol–water partition coefficient (Wildman–Crippen LogP) is 5.18. The smallest absolute Gasteiger partial charge is 0.434 e. The minimum atomic E-state index is -0.648. The molecule has 0 rings (SSSR count). The van der Waals surface area contributed by atoms with Crippen LogP contribution >= 0.6 is 63.7 Å². The number of hydrogen-bond donors (Lipinski definition) is 0. The molecule has 92 valence electrons. The van der Waals surface area contributed by atoms with Gasteiger partial charge >= 0.3 is 6.16 Å². The van der Waals surface area contributed by atoms with Gasteiger partial charge in [-0.25, -0.2) is 4.79 Å². The van der Waals surface area contributed by atoms with Crippen LogP contribution in [-0.2, 0) is 9.47 Å². The van der Waals surface area contributed by atoms with E-state index >= 15 is 0 Å². The van der Waals surface area contributed by atoms with Crippen molar-refractivity contribution in [3.63, 3.8) is 0 Å².